The van der Waals surface area contributed by atoms with E-state index >= 15 is 0 Å². The molecule has 2 aromatic carbocycles. The fourth-order valence-electron chi connectivity index (χ4n) is 2.46. The minimum absolute atomic E-state index is 0.0226. The zero-order valence-corrected chi connectivity index (χ0v) is 15.9. The quantitative estimate of drug-likeness (QED) is 0.622. The second-order valence-corrected chi connectivity index (χ2v) is 6.62. The summed E-state index contributed by atoms with van der Waals surface area (Å²) in [6, 6.07) is 14.8. The van der Waals surface area contributed by atoms with Gasteiger partial charge in [-0.05, 0) is 31.2 Å². The van der Waals surface area contributed by atoms with Gasteiger partial charge in [0.05, 0.1) is 5.75 Å². The van der Waals surface area contributed by atoms with Crippen LogP contribution in [0, 0.1) is 5.82 Å². The number of amides is 3. The van der Waals surface area contributed by atoms with E-state index in [1.54, 1.807) is 23.6 Å². The number of nitrogens with one attached hydrogen (secondary N) is 2. The van der Waals surface area contributed by atoms with Crippen molar-refractivity contribution >= 4 is 23.7 Å². The van der Waals surface area contributed by atoms with Crippen LogP contribution in [-0.4, -0.2) is 39.0 Å². The predicted molar refractivity (Wildman–Crippen MR) is 105 cm³/mol. The maximum Gasteiger partial charge on any atom is 0.321 e. The highest BCUT2D eigenvalue weighted by molar-refractivity contribution is 7.99. The van der Waals surface area contributed by atoms with Crippen molar-refractivity contribution in [2.24, 2.45) is 0 Å². The zero-order valence-electron chi connectivity index (χ0n) is 15.1. The Labute approximate surface area is 165 Å². The first-order valence-corrected chi connectivity index (χ1v) is 9.54. The number of nitrogens with zero attached hydrogens (tertiary/aromatic N) is 3. The SMILES string of the molecule is CCNC(=O)NC(=O)CSc1nnc(-c2ccccc2)n1-c1ccc(F)cc1. The van der Waals surface area contributed by atoms with Gasteiger partial charge in [-0.2, -0.15) is 0 Å². The normalized spacial score (nSPS) is 10.5. The molecule has 0 fully saturated rings. The van der Waals surface area contributed by atoms with Crippen molar-refractivity contribution < 1.29 is 14.0 Å². The van der Waals surface area contributed by atoms with Crippen LogP contribution in [0.1, 0.15) is 6.92 Å². The summed E-state index contributed by atoms with van der Waals surface area (Å²) in [5.74, 6) is -0.260. The van der Waals surface area contributed by atoms with Crippen molar-refractivity contribution in [2.45, 2.75) is 12.1 Å². The summed E-state index contributed by atoms with van der Waals surface area (Å²) < 4.78 is 15.1. The number of halogens is 1. The highest BCUT2D eigenvalue weighted by Gasteiger charge is 2.17. The highest BCUT2D eigenvalue weighted by Crippen LogP contribution is 2.27. The maximum atomic E-state index is 13.4. The molecule has 1 heterocycles. The van der Waals surface area contributed by atoms with E-state index < -0.39 is 11.9 Å². The molecule has 0 saturated heterocycles. The lowest BCUT2D eigenvalue weighted by atomic mass is 10.2. The Hall–Kier alpha value is -3.20. The molecule has 0 spiro atoms. The molecule has 3 rings (SSSR count). The first kappa shape index (κ1) is 19.6. The fraction of sp³-hybridized carbons (Fsp3) is 0.158. The molecular weight excluding hydrogens is 381 g/mol. The number of imide groups is 1. The second kappa shape index (κ2) is 9.14. The van der Waals surface area contributed by atoms with Gasteiger partial charge in [-0.25, -0.2) is 9.18 Å². The minimum atomic E-state index is -0.543. The van der Waals surface area contributed by atoms with Crippen LogP contribution in [0.25, 0.3) is 17.1 Å². The molecule has 1 aromatic heterocycles. The Kier molecular flexibility index (Phi) is 6.38. The van der Waals surface area contributed by atoms with Crippen LogP contribution >= 0.6 is 11.8 Å². The van der Waals surface area contributed by atoms with E-state index in [2.05, 4.69) is 20.8 Å². The van der Waals surface area contributed by atoms with Crippen molar-refractivity contribution in [1.82, 2.24) is 25.4 Å². The van der Waals surface area contributed by atoms with Crippen molar-refractivity contribution in [1.29, 1.82) is 0 Å². The molecule has 7 nitrogen and oxygen atoms in total. The average molecular weight is 399 g/mol. The molecule has 144 valence electrons. The van der Waals surface area contributed by atoms with Gasteiger partial charge < -0.3 is 5.32 Å². The average Bonchev–Trinajstić information content (AvgIpc) is 3.12. The first-order valence-electron chi connectivity index (χ1n) is 8.55. The zero-order chi connectivity index (χ0) is 19.9. The standard InChI is InChI=1S/C19H18FN5O2S/c1-2-21-18(27)22-16(26)12-28-19-24-23-17(13-6-4-3-5-7-13)25(19)15-10-8-14(20)9-11-15/h3-11H,2,12H2,1H3,(H2,21,22,26,27). The topological polar surface area (TPSA) is 88.9 Å². The van der Waals surface area contributed by atoms with Gasteiger partial charge in [-0.3, -0.25) is 14.7 Å². The summed E-state index contributed by atoms with van der Waals surface area (Å²) in [6.45, 7) is 2.18. The number of aromatic nitrogens is 3. The summed E-state index contributed by atoms with van der Waals surface area (Å²) in [4.78, 5) is 23.4. The van der Waals surface area contributed by atoms with E-state index in [4.69, 9.17) is 0 Å². The Morgan fingerprint density at radius 3 is 2.46 bits per heavy atom. The van der Waals surface area contributed by atoms with Gasteiger partial charge in [-0.15, -0.1) is 10.2 Å². The Bertz CT molecular complexity index is 960. The van der Waals surface area contributed by atoms with Gasteiger partial charge in [-0.1, -0.05) is 42.1 Å². The van der Waals surface area contributed by atoms with Gasteiger partial charge in [0.25, 0.3) is 0 Å². The summed E-state index contributed by atoms with van der Waals surface area (Å²) in [5.41, 5.74) is 1.50. The molecule has 0 bridgehead atoms. The molecule has 0 saturated carbocycles. The van der Waals surface area contributed by atoms with E-state index in [9.17, 15) is 14.0 Å². The fourth-order valence-corrected chi connectivity index (χ4v) is 3.21. The van der Waals surface area contributed by atoms with Crippen molar-refractivity contribution in [3.63, 3.8) is 0 Å². The van der Waals surface area contributed by atoms with E-state index in [1.807, 2.05) is 30.3 Å². The molecule has 0 unspecified atom stereocenters. The van der Waals surface area contributed by atoms with Crippen LogP contribution in [0.4, 0.5) is 9.18 Å². The highest BCUT2D eigenvalue weighted by atomic mass is 32.2. The van der Waals surface area contributed by atoms with Crippen LogP contribution in [0.15, 0.2) is 59.8 Å². The number of carbonyl (C=O) groups excluding carboxylic acids is 2. The van der Waals surface area contributed by atoms with Crippen LogP contribution in [0.3, 0.4) is 0 Å². The van der Waals surface area contributed by atoms with Crippen LogP contribution in [-0.2, 0) is 4.79 Å². The van der Waals surface area contributed by atoms with Crippen LogP contribution in [0.5, 0.6) is 0 Å². The molecule has 0 radical (unpaired) electrons. The van der Waals surface area contributed by atoms with E-state index in [-0.39, 0.29) is 11.6 Å². The number of rotatable bonds is 6. The van der Waals surface area contributed by atoms with Gasteiger partial charge in [0.1, 0.15) is 5.82 Å². The van der Waals surface area contributed by atoms with Gasteiger partial charge in [0, 0.05) is 17.8 Å². The summed E-state index contributed by atoms with van der Waals surface area (Å²) >= 11 is 1.13. The van der Waals surface area contributed by atoms with Gasteiger partial charge in [0.15, 0.2) is 11.0 Å². The molecule has 0 aliphatic rings. The summed E-state index contributed by atoms with van der Waals surface area (Å²) in [6.07, 6.45) is 0. The van der Waals surface area contributed by atoms with Crippen molar-refractivity contribution in [3.05, 3.63) is 60.4 Å². The largest absolute Gasteiger partial charge is 0.338 e. The number of urea groups is 1. The number of benzene rings is 2. The lowest BCUT2D eigenvalue weighted by Gasteiger charge is -2.10. The number of carbonyl (C=O) groups is 2. The third-order valence-corrected chi connectivity index (χ3v) is 4.60. The monoisotopic (exact) mass is 399 g/mol. The Morgan fingerprint density at radius 2 is 1.79 bits per heavy atom. The maximum absolute atomic E-state index is 13.4. The predicted octanol–water partition coefficient (Wildman–Crippen LogP) is 3.01. The molecule has 28 heavy (non-hydrogen) atoms. The minimum Gasteiger partial charge on any atom is -0.338 e. The molecule has 2 N–H and O–H groups in total. The summed E-state index contributed by atoms with van der Waals surface area (Å²) in [7, 11) is 0. The van der Waals surface area contributed by atoms with Crippen LogP contribution in [0.2, 0.25) is 0 Å². The van der Waals surface area contributed by atoms with E-state index in [0.29, 0.717) is 23.2 Å². The second-order valence-electron chi connectivity index (χ2n) is 5.68. The molecular formula is C19H18FN5O2S. The van der Waals surface area contributed by atoms with Crippen molar-refractivity contribution in [2.75, 3.05) is 12.3 Å². The van der Waals surface area contributed by atoms with E-state index in [1.165, 1.54) is 12.1 Å². The molecule has 0 aliphatic carbocycles. The third kappa shape index (κ3) is 4.74. The van der Waals surface area contributed by atoms with Crippen LogP contribution < -0.4 is 10.6 Å². The smallest absolute Gasteiger partial charge is 0.321 e. The number of thioether (sulfide) groups is 1. The van der Waals surface area contributed by atoms with Crippen molar-refractivity contribution in [3.8, 4) is 17.1 Å². The molecule has 0 aliphatic heterocycles. The molecule has 9 heteroatoms. The van der Waals surface area contributed by atoms with E-state index in [0.717, 1.165) is 17.3 Å². The lowest BCUT2D eigenvalue weighted by Crippen LogP contribution is -2.40. The lowest BCUT2D eigenvalue weighted by molar-refractivity contribution is -0.117. The van der Waals surface area contributed by atoms with Gasteiger partial charge >= 0.3 is 6.03 Å². The Balaban J connectivity index is 1.87. The van der Waals surface area contributed by atoms with Gasteiger partial charge in [0.2, 0.25) is 5.91 Å². The first-order chi connectivity index (χ1) is 13.6. The Morgan fingerprint density at radius 1 is 1.07 bits per heavy atom. The molecule has 0 atom stereocenters. The summed E-state index contributed by atoms with van der Waals surface area (Å²) in [5, 5.41) is 13.6. The molecule has 3 amide bonds. The third-order valence-electron chi connectivity index (χ3n) is 3.67. The molecule has 3 aromatic rings. The number of hydrogen-bond donors (Lipinski definition) is 2. The number of hydrogen-bond acceptors (Lipinski definition) is 5.